The van der Waals surface area contributed by atoms with Crippen LogP contribution in [0.4, 0.5) is 0 Å². The second-order valence-electron chi connectivity index (χ2n) is 5.69. The molecule has 2 aromatic rings. The Balaban J connectivity index is 1.48. The first-order valence-electron chi connectivity index (χ1n) is 7.93. The molecule has 2 amide bonds. The highest BCUT2D eigenvalue weighted by Gasteiger charge is 2.21. The van der Waals surface area contributed by atoms with Gasteiger partial charge < -0.3 is 10.6 Å². The van der Waals surface area contributed by atoms with Gasteiger partial charge in [0.05, 0.1) is 10.9 Å². The summed E-state index contributed by atoms with van der Waals surface area (Å²) in [4.78, 5) is 24.6. The van der Waals surface area contributed by atoms with Gasteiger partial charge in [-0.3, -0.25) is 9.59 Å². The number of carbonyl (C=O) groups is 2. The number of hydrogen-bond donors (Lipinski definition) is 2. The highest BCUT2D eigenvalue weighted by molar-refractivity contribution is 7.12. The Bertz CT molecular complexity index is 682. The standard InChI is InChI=1S/C18H20N2O2S/c21-17(10-11-19-18(22)16-9-4-12-23-16)20-15-8-3-6-13-5-1-2-7-14(13)15/h1-2,4-5,7,9,12,15H,3,6,8,10-11H2,(H,19,22)(H,20,21). The van der Waals surface area contributed by atoms with Gasteiger partial charge in [-0.1, -0.05) is 30.3 Å². The molecule has 1 aliphatic carbocycles. The van der Waals surface area contributed by atoms with E-state index in [9.17, 15) is 9.59 Å². The maximum Gasteiger partial charge on any atom is 0.261 e. The lowest BCUT2D eigenvalue weighted by Gasteiger charge is -2.26. The third kappa shape index (κ3) is 3.99. The van der Waals surface area contributed by atoms with Gasteiger partial charge in [0.1, 0.15) is 0 Å². The normalized spacial score (nSPS) is 16.4. The van der Waals surface area contributed by atoms with Gasteiger partial charge in [0.15, 0.2) is 0 Å². The molecule has 1 unspecified atom stereocenters. The summed E-state index contributed by atoms with van der Waals surface area (Å²) in [6.07, 6.45) is 3.45. The zero-order chi connectivity index (χ0) is 16.1. The largest absolute Gasteiger partial charge is 0.351 e. The van der Waals surface area contributed by atoms with E-state index in [1.165, 1.54) is 22.5 Å². The minimum atomic E-state index is -0.115. The Kier molecular flexibility index (Phi) is 5.08. The summed E-state index contributed by atoms with van der Waals surface area (Å²) in [6, 6.07) is 12.0. The third-order valence-electron chi connectivity index (χ3n) is 4.09. The third-order valence-corrected chi connectivity index (χ3v) is 4.96. The number of rotatable bonds is 5. The monoisotopic (exact) mass is 328 g/mol. The Morgan fingerprint density at radius 3 is 2.87 bits per heavy atom. The number of benzene rings is 1. The maximum absolute atomic E-state index is 12.1. The summed E-state index contributed by atoms with van der Waals surface area (Å²) in [5.41, 5.74) is 2.56. The summed E-state index contributed by atoms with van der Waals surface area (Å²) in [5, 5.41) is 7.74. The molecule has 1 aromatic heterocycles. The highest BCUT2D eigenvalue weighted by atomic mass is 32.1. The molecule has 3 rings (SSSR count). The van der Waals surface area contributed by atoms with Crippen molar-refractivity contribution >= 4 is 23.2 Å². The molecule has 1 aromatic carbocycles. The van der Waals surface area contributed by atoms with Crippen LogP contribution in [0.25, 0.3) is 0 Å². The molecule has 0 saturated carbocycles. The molecule has 1 aliphatic rings. The molecule has 0 aliphatic heterocycles. The van der Waals surface area contributed by atoms with Crippen molar-refractivity contribution in [2.75, 3.05) is 6.54 Å². The van der Waals surface area contributed by atoms with Gasteiger partial charge >= 0.3 is 0 Å². The van der Waals surface area contributed by atoms with E-state index in [0.717, 1.165) is 19.3 Å². The number of carbonyl (C=O) groups excluding carboxylic acids is 2. The van der Waals surface area contributed by atoms with Gasteiger partial charge in [0.2, 0.25) is 5.91 Å². The van der Waals surface area contributed by atoms with Crippen molar-refractivity contribution in [1.82, 2.24) is 10.6 Å². The van der Waals surface area contributed by atoms with E-state index in [0.29, 0.717) is 17.8 Å². The van der Waals surface area contributed by atoms with Crippen LogP contribution in [0.1, 0.15) is 46.1 Å². The Hall–Kier alpha value is -2.14. The fourth-order valence-electron chi connectivity index (χ4n) is 2.95. The van der Waals surface area contributed by atoms with Crippen molar-refractivity contribution in [2.45, 2.75) is 31.7 Å². The molecule has 2 N–H and O–H groups in total. The predicted molar refractivity (Wildman–Crippen MR) is 91.5 cm³/mol. The zero-order valence-electron chi connectivity index (χ0n) is 12.9. The summed E-state index contributed by atoms with van der Waals surface area (Å²) >= 11 is 1.40. The first kappa shape index (κ1) is 15.7. The van der Waals surface area contributed by atoms with Crippen molar-refractivity contribution in [1.29, 1.82) is 0 Å². The predicted octanol–water partition coefficient (Wildman–Crippen LogP) is 3.06. The van der Waals surface area contributed by atoms with E-state index in [2.05, 4.69) is 22.8 Å². The molecule has 1 atom stereocenters. The van der Waals surface area contributed by atoms with Crippen LogP contribution in [0.15, 0.2) is 41.8 Å². The van der Waals surface area contributed by atoms with E-state index in [1.54, 1.807) is 6.07 Å². The van der Waals surface area contributed by atoms with Crippen molar-refractivity contribution in [2.24, 2.45) is 0 Å². The van der Waals surface area contributed by atoms with Crippen molar-refractivity contribution < 1.29 is 9.59 Å². The first-order chi connectivity index (χ1) is 11.2. The molecular formula is C18H20N2O2S. The summed E-state index contributed by atoms with van der Waals surface area (Å²) in [6.45, 7) is 0.358. The fourth-order valence-corrected chi connectivity index (χ4v) is 3.59. The quantitative estimate of drug-likeness (QED) is 0.886. The molecule has 23 heavy (non-hydrogen) atoms. The number of fused-ring (bicyclic) bond motifs is 1. The molecule has 0 fully saturated rings. The van der Waals surface area contributed by atoms with Crippen molar-refractivity contribution in [3.05, 3.63) is 57.8 Å². The van der Waals surface area contributed by atoms with Gasteiger partial charge in [0, 0.05) is 13.0 Å². The van der Waals surface area contributed by atoms with Crippen LogP contribution < -0.4 is 10.6 Å². The summed E-state index contributed by atoms with van der Waals surface area (Å²) in [5.74, 6) is -0.131. The molecular weight excluding hydrogens is 308 g/mol. The lowest BCUT2D eigenvalue weighted by Crippen LogP contribution is -2.34. The number of nitrogens with one attached hydrogen (secondary N) is 2. The molecule has 0 radical (unpaired) electrons. The van der Waals surface area contributed by atoms with Crippen LogP contribution in [0, 0.1) is 0 Å². The van der Waals surface area contributed by atoms with E-state index in [1.807, 2.05) is 23.6 Å². The first-order valence-corrected chi connectivity index (χ1v) is 8.81. The lowest BCUT2D eigenvalue weighted by molar-refractivity contribution is -0.121. The average Bonchev–Trinajstić information content (AvgIpc) is 3.10. The summed E-state index contributed by atoms with van der Waals surface area (Å²) in [7, 11) is 0. The summed E-state index contributed by atoms with van der Waals surface area (Å²) < 4.78 is 0. The van der Waals surface area contributed by atoms with Gasteiger partial charge in [-0.25, -0.2) is 0 Å². The fraction of sp³-hybridized carbons (Fsp3) is 0.333. The minimum absolute atomic E-state index is 0.0156. The smallest absolute Gasteiger partial charge is 0.261 e. The topological polar surface area (TPSA) is 58.2 Å². The van der Waals surface area contributed by atoms with E-state index in [4.69, 9.17) is 0 Å². The van der Waals surface area contributed by atoms with Gasteiger partial charge in [-0.15, -0.1) is 11.3 Å². The van der Waals surface area contributed by atoms with Crippen LogP contribution in [0.5, 0.6) is 0 Å². The van der Waals surface area contributed by atoms with E-state index >= 15 is 0 Å². The molecule has 5 heteroatoms. The van der Waals surface area contributed by atoms with Crippen LogP contribution in [0.2, 0.25) is 0 Å². The maximum atomic E-state index is 12.1. The van der Waals surface area contributed by atoms with E-state index < -0.39 is 0 Å². The van der Waals surface area contributed by atoms with Crippen molar-refractivity contribution in [3.63, 3.8) is 0 Å². The average molecular weight is 328 g/mol. The van der Waals surface area contributed by atoms with Crippen LogP contribution in [0.3, 0.4) is 0 Å². The molecule has 4 nitrogen and oxygen atoms in total. The SMILES string of the molecule is O=C(CCNC(=O)c1cccs1)NC1CCCc2ccccc21. The molecule has 0 saturated heterocycles. The Morgan fingerprint density at radius 2 is 2.04 bits per heavy atom. The second kappa shape index (κ2) is 7.42. The van der Waals surface area contributed by atoms with Crippen LogP contribution in [-0.4, -0.2) is 18.4 Å². The van der Waals surface area contributed by atoms with Crippen molar-refractivity contribution in [3.8, 4) is 0 Å². The highest BCUT2D eigenvalue weighted by Crippen LogP contribution is 2.29. The Labute approximate surface area is 139 Å². The molecule has 1 heterocycles. The van der Waals surface area contributed by atoms with E-state index in [-0.39, 0.29) is 17.9 Å². The lowest BCUT2D eigenvalue weighted by atomic mass is 9.88. The number of aryl methyl sites for hydroxylation is 1. The Morgan fingerprint density at radius 1 is 1.17 bits per heavy atom. The minimum Gasteiger partial charge on any atom is -0.351 e. The molecule has 0 bridgehead atoms. The number of amides is 2. The van der Waals surface area contributed by atoms with Crippen LogP contribution >= 0.6 is 11.3 Å². The molecule has 0 spiro atoms. The number of thiophene rings is 1. The second-order valence-corrected chi connectivity index (χ2v) is 6.64. The van der Waals surface area contributed by atoms with Gasteiger partial charge in [-0.05, 0) is 41.8 Å². The van der Waals surface area contributed by atoms with Crippen LogP contribution in [-0.2, 0) is 11.2 Å². The molecule has 120 valence electrons. The zero-order valence-corrected chi connectivity index (χ0v) is 13.7. The van der Waals surface area contributed by atoms with Gasteiger partial charge in [-0.2, -0.15) is 0 Å². The number of hydrogen-bond acceptors (Lipinski definition) is 3. The van der Waals surface area contributed by atoms with Gasteiger partial charge in [0.25, 0.3) is 5.91 Å².